The molecule has 0 spiro atoms. The highest BCUT2D eigenvalue weighted by molar-refractivity contribution is 8.03. The SMILES string of the molecule is CCOC(=O)CSC1=C(C#N)C(c2ccc(F)cc2)CC(=O)N1. The van der Waals surface area contributed by atoms with E-state index in [2.05, 4.69) is 11.4 Å². The van der Waals surface area contributed by atoms with Crippen LogP contribution in [0.4, 0.5) is 4.39 Å². The third-order valence-corrected chi connectivity index (χ3v) is 4.26. The summed E-state index contributed by atoms with van der Waals surface area (Å²) in [4.78, 5) is 23.3. The van der Waals surface area contributed by atoms with Crippen molar-refractivity contribution in [1.82, 2.24) is 5.32 Å². The number of hydrogen-bond donors (Lipinski definition) is 1. The molecular formula is C16H15FN2O3S. The average Bonchev–Trinajstić information content (AvgIpc) is 2.53. The topological polar surface area (TPSA) is 79.2 Å². The minimum Gasteiger partial charge on any atom is -0.465 e. The van der Waals surface area contributed by atoms with Crippen molar-refractivity contribution in [2.75, 3.05) is 12.4 Å². The molecule has 1 aliphatic heterocycles. The Hall–Kier alpha value is -2.33. The zero-order chi connectivity index (χ0) is 16.8. The van der Waals surface area contributed by atoms with Gasteiger partial charge in [0.2, 0.25) is 5.91 Å². The van der Waals surface area contributed by atoms with E-state index >= 15 is 0 Å². The number of ether oxygens (including phenoxy) is 1. The minimum atomic E-state index is -0.445. The van der Waals surface area contributed by atoms with Gasteiger partial charge in [0.05, 0.1) is 29.0 Å². The zero-order valence-electron chi connectivity index (χ0n) is 12.5. The maximum Gasteiger partial charge on any atom is 0.316 e. The second kappa shape index (κ2) is 7.79. The normalized spacial score (nSPS) is 17.4. The zero-order valence-corrected chi connectivity index (χ0v) is 13.3. The summed E-state index contributed by atoms with van der Waals surface area (Å²) in [5.74, 6) is -1.48. The van der Waals surface area contributed by atoms with Gasteiger partial charge in [-0.2, -0.15) is 5.26 Å². The molecule has 23 heavy (non-hydrogen) atoms. The highest BCUT2D eigenvalue weighted by Crippen LogP contribution is 2.35. The number of carbonyl (C=O) groups excluding carboxylic acids is 2. The van der Waals surface area contributed by atoms with Gasteiger partial charge in [0, 0.05) is 12.3 Å². The first-order valence-corrected chi connectivity index (χ1v) is 8.01. The van der Waals surface area contributed by atoms with Crippen molar-refractivity contribution < 1.29 is 18.7 Å². The van der Waals surface area contributed by atoms with Crippen LogP contribution in [0.25, 0.3) is 0 Å². The van der Waals surface area contributed by atoms with Crippen LogP contribution < -0.4 is 5.32 Å². The Balaban J connectivity index is 2.26. The van der Waals surface area contributed by atoms with Crippen molar-refractivity contribution in [2.45, 2.75) is 19.3 Å². The number of nitrogens with one attached hydrogen (secondary N) is 1. The number of amides is 1. The second-order valence-corrected chi connectivity index (χ2v) is 5.79. The van der Waals surface area contributed by atoms with Crippen LogP contribution in [0.2, 0.25) is 0 Å². The Bertz CT molecular complexity index is 680. The van der Waals surface area contributed by atoms with Gasteiger partial charge in [-0.15, -0.1) is 0 Å². The molecule has 5 nitrogen and oxygen atoms in total. The van der Waals surface area contributed by atoms with E-state index in [0.29, 0.717) is 16.2 Å². The van der Waals surface area contributed by atoms with Gasteiger partial charge >= 0.3 is 5.97 Å². The number of nitrogens with zero attached hydrogens (tertiary/aromatic N) is 1. The Kier molecular flexibility index (Phi) is 5.77. The smallest absolute Gasteiger partial charge is 0.316 e. The molecule has 0 fully saturated rings. The van der Waals surface area contributed by atoms with Crippen molar-refractivity contribution in [3.63, 3.8) is 0 Å². The summed E-state index contributed by atoms with van der Waals surface area (Å²) in [7, 11) is 0. The predicted molar refractivity (Wildman–Crippen MR) is 83.6 cm³/mol. The van der Waals surface area contributed by atoms with E-state index < -0.39 is 11.9 Å². The first-order chi connectivity index (χ1) is 11.0. The van der Waals surface area contributed by atoms with Gasteiger partial charge in [0.1, 0.15) is 5.82 Å². The lowest BCUT2D eigenvalue weighted by atomic mass is 9.87. The van der Waals surface area contributed by atoms with E-state index in [4.69, 9.17) is 4.74 Å². The monoisotopic (exact) mass is 334 g/mol. The number of thioether (sulfide) groups is 1. The van der Waals surface area contributed by atoms with Crippen LogP contribution in [-0.4, -0.2) is 24.2 Å². The molecule has 1 aromatic carbocycles. The molecule has 0 aliphatic carbocycles. The van der Waals surface area contributed by atoms with Gasteiger partial charge in [-0.05, 0) is 24.6 Å². The van der Waals surface area contributed by atoms with Crippen molar-refractivity contribution in [3.05, 3.63) is 46.2 Å². The van der Waals surface area contributed by atoms with Gasteiger partial charge in [0.25, 0.3) is 0 Å². The molecule has 0 saturated carbocycles. The van der Waals surface area contributed by atoms with E-state index in [1.807, 2.05) is 0 Å². The van der Waals surface area contributed by atoms with Crippen LogP contribution in [0.3, 0.4) is 0 Å². The van der Waals surface area contributed by atoms with Crippen LogP contribution in [-0.2, 0) is 14.3 Å². The van der Waals surface area contributed by atoms with E-state index in [1.54, 1.807) is 19.1 Å². The number of nitriles is 1. The van der Waals surface area contributed by atoms with Crippen molar-refractivity contribution in [3.8, 4) is 6.07 Å². The Morgan fingerprint density at radius 1 is 1.48 bits per heavy atom. The lowest BCUT2D eigenvalue weighted by molar-refractivity contribution is -0.139. The van der Waals surface area contributed by atoms with E-state index in [9.17, 15) is 19.2 Å². The quantitative estimate of drug-likeness (QED) is 0.837. The molecule has 1 atom stereocenters. The highest BCUT2D eigenvalue weighted by Gasteiger charge is 2.29. The van der Waals surface area contributed by atoms with Crippen molar-refractivity contribution >= 4 is 23.6 Å². The number of allylic oxidation sites excluding steroid dienone is 1. The molecule has 0 saturated heterocycles. The van der Waals surface area contributed by atoms with Gasteiger partial charge in [-0.3, -0.25) is 9.59 Å². The Morgan fingerprint density at radius 2 is 2.17 bits per heavy atom. The van der Waals surface area contributed by atoms with Crippen LogP contribution in [0, 0.1) is 17.1 Å². The number of esters is 1. The van der Waals surface area contributed by atoms with Gasteiger partial charge in [0.15, 0.2) is 0 Å². The molecule has 1 unspecified atom stereocenters. The van der Waals surface area contributed by atoms with Crippen LogP contribution in [0.5, 0.6) is 0 Å². The van der Waals surface area contributed by atoms with Crippen LogP contribution >= 0.6 is 11.8 Å². The number of benzene rings is 1. The van der Waals surface area contributed by atoms with Crippen LogP contribution in [0.15, 0.2) is 34.9 Å². The Labute approximate surface area is 137 Å². The molecule has 1 aliphatic rings. The fourth-order valence-electron chi connectivity index (χ4n) is 2.25. The first-order valence-electron chi connectivity index (χ1n) is 7.03. The maximum absolute atomic E-state index is 13.1. The fourth-order valence-corrected chi connectivity index (χ4v) is 3.12. The lowest BCUT2D eigenvalue weighted by Crippen LogP contribution is -2.31. The molecule has 1 aromatic rings. The summed E-state index contributed by atoms with van der Waals surface area (Å²) in [6.45, 7) is 1.98. The number of rotatable bonds is 5. The second-order valence-electron chi connectivity index (χ2n) is 4.80. The molecule has 120 valence electrons. The molecule has 1 amide bonds. The summed E-state index contributed by atoms with van der Waals surface area (Å²) in [6, 6.07) is 7.80. The lowest BCUT2D eigenvalue weighted by Gasteiger charge is -2.24. The van der Waals surface area contributed by atoms with Crippen LogP contribution in [0.1, 0.15) is 24.8 Å². The molecular weight excluding hydrogens is 319 g/mol. The van der Waals surface area contributed by atoms with Gasteiger partial charge < -0.3 is 10.1 Å². The number of halogens is 1. The molecule has 1 N–H and O–H groups in total. The largest absolute Gasteiger partial charge is 0.465 e. The molecule has 0 radical (unpaired) electrons. The third-order valence-electron chi connectivity index (χ3n) is 3.27. The molecule has 1 heterocycles. The predicted octanol–water partition coefficient (Wildman–Crippen LogP) is 2.46. The fraction of sp³-hybridized carbons (Fsp3) is 0.312. The van der Waals surface area contributed by atoms with Gasteiger partial charge in [-0.25, -0.2) is 4.39 Å². The molecule has 0 aromatic heterocycles. The average molecular weight is 334 g/mol. The molecule has 0 bridgehead atoms. The summed E-state index contributed by atoms with van der Waals surface area (Å²) < 4.78 is 17.9. The third kappa shape index (κ3) is 4.33. The number of carbonyl (C=O) groups is 2. The minimum absolute atomic E-state index is 0.00473. The van der Waals surface area contributed by atoms with Gasteiger partial charge in [-0.1, -0.05) is 23.9 Å². The van der Waals surface area contributed by atoms with Crippen molar-refractivity contribution in [1.29, 1.82) is 5.26 Å². The standard InChI is InChI=1S/C16H15FN2O3S/c1-2-22-15(21)9-23-16-13(8-18)12(7-14(20)19-16)10-3-5-11(17)6-4-10/h3-6,12H,2,7,9H2,1H3,(H,19,20). The van der Waals surface area contributed by atoms with Crippen molar-refractivity contribution in [2.24, 2.45) is 0 Å². The summed E-state index contributed by atoms with van der Waals surface area (Å²) in [6.07, 6.45) is 0.109. The maximum atomic E-state index is 13.1. The van der Waals surface area contributed by atoms with E-state index in [-0.39, 0.29) is 30.5 Å². The molecule has 7 heteroatoms. The molecule has 2 rings (SSSR count). The van der Waals surface area contributed by atoms with E-state index in [0.717, 1.165) is 11.8 Å². The summed E-state index contributed by atoms with van der Waals surface area (Å²) in [5, 5.41) is 12.4. The van der Waals surface area contributed by atoms with E-state index in [1.165, 1.54) is 12.1 Å². The number of hydrogen-bond acceptors (Lipinski definition) is 5. The highest BCUT2D eigenvalue weighted by atomic mass is 32.2. The first kappa shape index (κ1) is 17.0. The summed E-state index contributed by atoms with van der Waals surface area (Å²) in [5.41, 5.74) is 1.05. The Morgan fingerprint density at radius 3 is 2.78 bits per heavy atom. The summed E-state index contributed by atoms with van der Waals surface area (Å²) >= 11 is 1.06.